The molecule has 0 saturated carbocycles. The van der Waals surface area contributed by atoms with Crippen molar-refractivity contribution in [2.75, 3.05) is 10.0 Å². The molecule has 1 aromatic heterocycles. The summed E-state index contributed by atoms with van der Waals surface area (Å²) in [7, 11) is -3.74. The van der Waals surface area contributed by atoms with Gasteiger partial charge in [0.2, 0.25) is 5.91 Å². The summed E-state index contributed by atoms with van der Waals surface area (Å²) in [6.07, 6.45) is 0.912. The molecule has 3 rings (SSSR count). The summed E-state index contributed by atoms with van der Waals surface area (Å²) in [5.41, 5.74) is 2.48. The molecule has 0 aliphatic heterocycles. The minimum absolute atomic E-state index is 0.107. The Bertz CT molecular complexity index is 1020. The maximum atomic E-state index is 12.5. The number of benzene rings is 2. The van der Waals surface area contributed by atoms with Crippen LogP contribution in [0.5, 0.6) is 0 Å². The molecule has 0 unspecified atom stereocenters. The van der Waals surface area contributed by atoms with Gasteiger partial charge in [0, 0.05) is 12.6 Å². The number of hydrogen-bond donors (Lipinski definition) is 2. The minimum Gasteiger partial charge on any atom is -0.326 e. The van der Waals surface area contributed by atoms with Crippen LogP contribution in [0.15, 0.2) is 47.4 Å². The number of fused-ring (bicyclic) bond motifs is 1. The Balaban J connectivity index is 1.84. The third kappa shape index (κ3) is 3.97. The fraction of sp³-hybridized carbons (Fsp3) is 0.176. The molecule has 6 nitrogen and oxygen atoms in total. The van der Waals surface area contributed by atoms with Crippen LogP contribution >= 0.6 is 11.3 Å². The number of sulfonamides is 1. The zero-order valence-corrected chi connectivity index (χ0v) is 15.4. The molecule has 1 amide bonds. The van der Waals surface area contributed by atoms with E-state index in [-0.39, 0.29) is 10.8 Å². The molecule has 8 heteroatoms. The van der Waals surface area contributed by atoms with Gasteiger partial charge >= 0.3 is 0 Å². The van der Waals surface area contributed by atoms with Crippen LogP contribution < -0.4 is 10.0 Å². The Morgan fingerprint density at radius 3 is 2.52 bits per heavy atom. The molecule has 0 spiro atoms. The topological polar surface area (TPSA) is 88.2 Å². The van der Waals surface area contributed by atoms with E-state index in [9.17, 15) is 13.2 Å². The molecule has 0 aliphatic carbocycles. The summed E-state index contributed by atoms with van der Waals surface area (Å²) >= 11 is 1.30. The van der Waals surface area contributed by atoms with Crippen molar-refractivity contribution in [2.24, 2.45) is 0 Å². The molecule has 0 atom stereocenters. The number of aryl methyl sites for hydroxylation is 1. The average Bonchev–Trinajstić information content (AvgIpc) is 2.95. The van der Waals surface area contributed by atoms with Crippen molar-refractivity contribution < 1.29 is 13.2 Å². The van der Waals surface area contributed by atoms with Crippen molar-refractivity contribution in [3.8, 4) is 0 Å². The van der Waals surface area contributed by atoms with Gasteiger partial charge in [0.15, 0.2) is 5.13 Å². The monoisotopic (exact) mass is 375 g/mol. The highest BCUT2D eigenvalue weighted by Crippen LogP contribution is 2.28. The van der Waals surface area contributed by atoms with E-state index in [1.54, 1.807) is 12.1 Å². The molecular formula is C17H17N3O3S2. The Hall–Kier alpha value is -2.45. The number of thiazole rings is 1. The summed E-state index contributed by atoms with van der Waals surface area (Å²) in [5.74, 6) is -0.213. The number of nitrogens with one attached hydrogen (secondary N) is 2. The van der Waals surface area contributed by atoms with Crippen molar-refractivity contribution in [3.63, 3.8) is 0 Å². The molecule has 0 fully saturated rings. The lowest BCUT2D eigenvalue weighted by atomic mass is 10.2. The second-order valence-corrected chi connectivity index (χ2v) is 8.20. The largest absolute Gasteiger partial charge is 0.326 e. The quantitative estimate of drug-likeness (QED) is 0.713. The van der Waals surface area contributed by atoms with E-state index in [2.05, 4.69) is 21.9 Å². The summed E-state index contributed by atoms with van der Waals surface area (Å²) in [6.45, 7) is 3.46. The molecule has 0 bridgehead atoms. The third-order valence-electron chi connectivity index (χ3n) is 3.57. The highest BCUT2D eigenvalue weighted by atomic mass is 32.2. The number of aromatic nitrogens is 1. The molecule has 2 N–H and O–H groups in total. The van der Waals surface area contributed by atoms with Crippen LogP contribution in [0.2, 0.25) is 0 Å². The number of rotatable bonds is 5. The van der Waals surface area contributed by atoms with Gasteiger partial charge in [0.25, 0.3) is 10.0 Å². The van der Waals surface area contributed by atoms with Crippen molar-refractivity contribution in [1.29, 1.82) is 0 Å². The Morgan fingerprint density at radius 2 is 1.88 bits per heavy atom. The number of hydrogen-bond acceptors (Lipinski definition) is 5. The molecule has 0 radical (unpaired) electrons. The first kappa shape index (κ1) is 17.4. The molecule has 1 heterocycles. The zero-order chi connectivity index (χ0) is 18.0. The fourth-order valence-electron chi connectivity index (χ4n) is 2.33. The summed E-state index contributed by atoms with van der Waals surface area (Å²) in [4.78, 5) is 15.5. The van der Waals surface area contributed by atoms with E-state index in [1.807, 2.05) is 18.2 Å². The van der Waals surface area contributed by atoms with Crippen LogP contribution in [0.25, 0.3) is 10.2 Å². The van der Waals surface area contributed by atoms with Crippen molar-refractivity contribution in [3.05, 3.63) is 48.0 Å². The molecular weight excluding hydrogens is 358 g/mol. The summed E-state index contributed by atoms with van der Waals surface area (Å²) < 4.78 is 28.5. The summed E-state index contributed by atoms with van der Waals surface area (Å²) in [5, 5.41) is 2.93. The maximum Gasteiger partial charge on any atom is 0.263 e. The fourth-order valence-corrected chi connectivity index (χ4v) is 4.49. The smallest absolute Gasteiger partial charge is 0.263 e. The lowest BCUT2D eigenvalue weighted by Gasteiger charge is -2.06. The van der Waals surface area contributed by atoms with Crippen LogP contribution in [-0.4, -0.2) is 19.3 Å². The van der Waals surface area contributed by atoms with E-state index in [0.717, 1.165) is 16.6 Å². The van der Waals surface area contributed by atoms with Crippen LogP contribution in [0.3, 0.4) is 0 Å². The lowest BCUT2D eigenvalue weighted by Crippen LogP contribution is -2.13. The van der Waals surface area contributed by atoms with Gasteiger partial charge in [-0.2, -0.15) is 0 Å². The second kappa shape index (κ2) is 6.81. The molecule has 25 heavy (non-hydrogen) atoms. The normalized spacial score (nSPS) is 11.4. The third-order valence-corrected chi connectivity index (χ3v) is 5.99. The maximum absolute atomic E-state index is 12.5. The SMILES string of the molecule is CCc1ccc2nc(NS(=O)(=O)c3ccc(NC(C)=O)cc3)sc2c1. The van der Waals surface area contributed by atoms with Crippen molar-refractivity contribution in [2.45, 2.75) is 25.2 Å². The minimum atomic E-state index is -3.74. The Kier molecular flexibility index (Phi) is 4.73. The molecule has 2 aromatic carbocycles. The highest BCUT2D eigenvalue weighted by Gasteiger charge is 2.16. The van der Waals surface area contributed by atoms with Crippen LogP contribution in [0.4, 0.5) is 10.8 Å². The highest BCUT2D eigenvalue weighted by molar-refractivity contribution is 7.93. The summed E-state index contributed by atoms with van der Waals surface area (Å²) in [6, 6.07) is 11.9. The lowest BCUT2D eigenvalue weighted by molar-refractivity contribution is -0.114. The molecule has 130 valence electrons. The van der Waals surface area contributed by atoms with Gasteiger partial charge < -0.3 is 5.32 Å². The first-order valence-electron chi connectivity index (χ1n) is 7.67. The van der Waals surface area contributed by atoms with E-state index >= 15 is 0 Å². The van der Waals surface area contributed by atoms with Crippen LogP contribution in [0.1, 0.15) is 19.4 Å². The number of carbonyl (C=O) groups is 1. The van der Waals surface area contributed by atoms with Gasteiger partial charge in [0.1, 0.15) is 0 Å². The predicted octanol–water partition coefficient (Wildman–Crippen LogP) is 3.62. The van der Waals surface area contributed by atoms with Gasteiger partial charge in [-0.25, -0.2) is 13.4 Å². The van der Waals surface area contributed by atoms with Crippen LogP contribution in [0, 0.1) is 0 Å². The number of carbonyl (C=O) groups excluding carboxylic acids is 1. The zero-order valence-electron chi connectivity index (χ0n) is 13.7. The van der Waals surface area contributed by atoms with Gasteiger partial charge in [-0.1, -0.05) is 24.3 Å². The second-order valence-electron chi connectivity index (χ2n) is 5.49. The number of nitrogens with zero attached hydrogens (tertiary/aromatic N) is 1. The average molecular weight is 375 g/mol. The standard InChI is InChI=1S/C17H17N3O3S2/c1-3-12-4-9-15-16(10-12)24-17(19-15)20-25(22,23)14-7-5-13(6-8-14)18-11(2)21/h4-10H,3H2,1-2H3,(H,18,21)(H,19,20). The van der Waals surface area contributed by atoms with Crippen molar-refractivity contribution >= 4 is 48.3 Å². The van der Waals surface area contributed by atoms with E-state index in [4.69, 9.17) is 0 Å². The van der Waals surface area contributed by atoms with Gasteiger partial charge in [-0.3, -0.25) is 9.52 Å². The Morgan fingerprint density at radius 1 is 1.16 bits per heavy atom. The van der Waals surface area contributed by atoms with E-state index < -0.39 is 10.0 Å². The molecule has 0 aliphatic rings. The van der Waals surface area contributed by atoms with Crippen molar-refractivity contribution in [1.82, 2.24) is 4.98 Å². The van der Waals surface area contributed by atoms with Gasteiger partial charge in [0.05, 0.1) is 15.1 Å². The number of anilines is 2. The predicted molar refractivity (Wildman–Crippen MR) is 101 cm³/mol. The Labute approximate surface area is 150 Å². The van der Waals surface area contributed by atoms with E-state index in [0.29, 0.717) is 10.8 Å². The van der Waals surface area contributed by atoms with Crippen LogP contribution in [-0.2, 0) is 21.2 Å². The number of amides is 1. The molecule has 3 aromatic rings. The molecule has 0 saturated heterocycles. The van der Waals surface area contributed by atoms with Gasteiger partial charge in [-0.05, 0) is 48.4 Å². The van der Waals surface area contributed by atoms with E-state index in [1.165, 1.54) is 36.0 Å². The first-order valence-corrected chi connectivity index (χ1v) is 9.97. The van der Waals surface area contributed by atoms with Gasteiger partial charge in [-0.15, -0.1) is 0 Å². The first-order chi connectivity index (χ1) is 11.9.